The largest absolute Gasteiger partial charge is 0.268 e. The zero-order chi connectivity index (χ0) is 17.9. The highest BCUT2D eigenvalue weighted by molar-refractivity contribution is 7.98. The molecule has 0 aliphatic carbocycles. The second kappa shape index (κ2) is 7.14. The van der Waals surface area contributed by atoms with Crippen LogP contribution in [0.25, 0.3) is 16.6 Å². The highest BCUT2D eigenvalue weighted by atomic mass is 32.2. The molecule has 0 atom stereocenters. The molecule has 0 unspecified atom stereocenters. The predicted molar refractivity (Wildman–Crippen MR) is 106 cm³/mol. The highest BCUT2D eigenvalue weighted by Crippen LogP contribution is 2.24. The molecule has 4 nitrogen and oxygen atoms in total. The number of aryl methyl sites for hydroxylation is 1. The summed E-state index contributed by atoms with van der Waals surface area (Å²) in [6, 6.07) is 19.3. The zero-order valence-electron chi connectivity index (χ0n) is 14.3. The third kappa shape index (κ3) is 3.26. The monoisotopic (exact) mass is 359 g/mol. The van der Waals surface area contributed by atoms with Crippen molar-refractivity contribution in [2.45, 2.75) is 17.8 Å². The number of rotatable bonds is 4. The fraction of sp³-hybridized carbons (Fsp3) is 0.0952. The topological polar surface area (TPSA) is 47.8 Å². The fourth-order valence-electron chi connectivity index (χ4n) is 2.76. The van der Waals surface area contributed by atoms with E-state index < -0.39 is 0 Å². The standard InChI is InChI=1S/C21H17N3OS/c1-15-8-10-17(11-9-15)24-20(25)18-6-2-3-7-19(18)23-21(24)26-14-16-5-4-12-22-13-16/h2-13H,14H2,1H3. The van der Waals surface area contributed by atoms with E-state index in [0.29, 0.717) is 16.3 Å². The summed E-state index contributed by atoms with van der Waals surface area (Å²) in [6.45, 7) is 2.03. The number of fused-ring (bicyclic) bond motifs is 1. The van der Waals surface area contributed by atoms with Crippen molar-refractivity contribution in [3.05, 3.63) is 94.5 Å². The van der Waals surface area contributed by atoms with Crippen LogP contribution in [0.4, 0.5) is 0 Å². The average molecular weight is 359 g/mol. The van der Waals surface area contributed by atoms with Gasteiger partial charge < -0.3 is 0 Å². The van der Waals surface area contributed by atoms with Crippen LogP contribution in [0.1, 0.15) is 11.1 Å². The van der Waals surface area contributed by atoms with Gasteiger partial charge in [0.1, 0.15) is 0 Å². The minimum absolute atomic E-state index is 0.0480. The molecule has 2 heterocycles. The lowest BCUT2D eigenvalue weighted by molar-refractivity contribution is 0.819. The van der Waals surface area contributed by atoms with Gasteiger partial charge in [-0.15, -0.1) is 0 Å². The molecule has 0 aliphatic heterocycles. The molecule has 26 heavy (non-hydrogen) atoms. The van der Waals surface area contributed by atoms with Gasteiger partial charge in [-0.2, -0.15) is 0 Å². The summed E-state index contributed by atoms with van der Waals surface area (Å²) < 4.78 is 1.70. The van der Waals surface area contributed by atoms with Crippen molar-refractivity contribution >= 4 is 22.7 Å². The summed E-state index contributed by atoms with van der Waals surface area (Å²) in [7, 11) is 0. The van der Waals surface area contributed by atoms with Gasteiger partial charge >= 0.3 is 0 Å². The zero-order valence-corrected chi connectivity index (χ0v) is 15.1. The number of nitrogens with zero attached hydrogens (tertiary/aromatic N) is 3. The fourth-order valence-corrected chi connectivity index (χ4v) is 3.71. The van der Waals surface area contributed by atoms with Crippen LogP contribution in [0.2, 0.25) is 0 Å². The van der Waals surface area contributed by atoms with Crippen molar-refractivity contribution in [2.24, 2.45) is 0 Å². The Bertz CT molecular complexity index is 1110. The Hall–Kier alpha value is -2.92. The molecule has 5 heteroatoms. The Morgan fingerprint density at radius 2 is 1.81 bits per heavy atom. The second-order valence-electron chi connectivity index (χ2n) is 6.04. The van der Waals surface area contributed by atoms with E-state index in [1.807, 2.05) is 73.8 Å². The van der Waals surface area contributed by atoms with Crippen LogP contribution < -0.4 is 5.56 Å². The Morgan fingerprint density at radius 3 is 2.58 bits per heavy atom. The van der Waals surface area contributed by atoms with Crippen molar-refractivity contribution in [3.63, 3.8) is 0 Å². The van der Waals surface area contributed by atoms with Crippen molar-refractivity contribution in [3.8, 4) is 5.69 Å². The number of hydrogen-bond donors (Lipinski definition) is 0. The highest BCUT2D eigenvalue weighted by Gasteiger charge is 2.13. The number of hydrogen-bond acceptors (Lipinski definition) is 4. The maximum Gasteiger partial charge on any atom is 0.266 e. The quantitative estimate of drug-likeness (QED) is 0.401. The molecule has 0 aliphatic rings. The van der Waals surface area contributed by atoms with E-state index in [-0.39, 0.29) is 5.56 Å². The minimum Gasteiger partial charge on any atom is -0.268 e. The van der Waals surface area contributed by atoms with Crippen LogP contribution in [-0.4, -0.2) is 14.5 Å². The molecule has 0 radical (unpaired) electrons. The van der Waals surface area contributed by atoms with Crippen LogP contribution in [0.5, 0.6) is 0 Å². The third-order valence-electron chi connectivity index (χ3n) is 4.13. The number of para-hydroxylation sites is 1. The lowest BCUT2D eigenvalue weighted by Gasteiger charge is -2.13. The van der Waals surface area contributed by atoms with Crippen molar-refractivity contribution < 1.29 is 0 Å². The Labute approximate surface area is 155 Å². The molecule has 0 saturated carbocycles. The smallest absolute Gasteiger partial charge is 0.266 e. The van der Waals surface area contributed by atoms with Crippen LogP contribution in [-0.2, 0) is 5.75 Å². The molecular formula is C21H17N3OS. The first-order valence-electron chi connectivity index (χ1n) is 8.33. The van der Waals surface area contributed by atoms with Crippen LogP contribution in [0, 0.1) is 6.92 Å². The second-order valence-corrected chi connectivity index (χ2v) is 6.98. The van der Waals surface area contributed by atoms with E-state index in [1.165, 1.54) is 0 Å². The van der Waals surface area contributed by atoms with Gasteiger partial charge in [-0.3, -0.25) is 14.3 Å². The van der Waals surface area contributed by atoms with Crippen LogP contribution in [0.15, 0.2) is 83.0 Å². The third-order valence-corrected chi connectivity index (χ3v) is 5.14. The lowest BCUT2D eigenvalue weighted by atomic mass is 10.2. The van der Waals surface area contributed by atoms with Crippen LogP contribution in [0.3, 0.4) is 0 Å². The molecule has 0 bridgehead atoms. The Kier molecular flexibility index (Phi) is 4.54. The van der Waals surface area contributed by atoms with Crippen LogP contribution >= 0.6 is 11.8 Å². The first kappa shape index (κ1) is 16.5. The summed E-state index contributed by atoms with van der Waals surface area (Å²) in [5, 5.41) is 1.31. The maximum atomic E-state index is 13.1. The van der Waals surface area contributed by atoms with Gasteiger partial charge in [-0.05, 0) is 42.8 Å². The molecule has 0 saturated heterocycles. The summed E-state index contributed by atoms with van der Waals surface area (Å²) in [4.78, 5) is 22.1. The normalized spacial score (nSPS) is 11.0. The van der Waals surface area contributed by atoms with Crippen molar-refractivity contribution in [2.75, 3.05) is 0 Å². The Balaban J connectivity index is 1.85. The van der Waals surface area contributed by atoms with E-state index in [9.17, 15) is 4.79 Å². The lowest BCUT2D eigenvalue weighted by Crippen LogP contribution is -2.21. The molecule has 4 rings (SSSR count). The van der Waals surface area contributed by atoms with Gasteiger partial charge in [0.05, 0.1) is 16.6 Å². The number of pyridine rings is 1. The van der Waals surface area contributed by atoms with Gasteiger partial charge in [0.2, 0.25) is 0 Å². The molecule has 128 valence electrons. The number of benzene rings is 2. The number of aromatic nitrogens is 3. The summed E-state index contributed by atoms with van der Waals surface area (Å²) >= 11 is 1.54. The maximum absolute atomic E-state index is 13.1. The van der Waals surface area contributed by atoms with Gasteiger partial charge in [0.25, 0.3) is 5.56 Å². The van der Waals surface area contributed by atoms with E-state index in [2.05, 4.69) is 4.98 Å². The van der Waals surface area contributed by atoms with Crippen molar-refractivity contribution in [1.82, 2.24) is 14.5 Å². The SMILES string of the molecule is Cc1ccc(-n2c(SCc3cccnc3)nc3ccccc3c2=O)cc1. The van der Waals surface area contributed by atoms with E-state index in [0.717, 1.165) is 22.3 Å². The minimum atomic E-state index is -0.0480. The Morgan fingerprint density at radius 1 is 1.00 bits per heavy atom. The summed E-state index contributed by atoms with van der Waals surface area (Å²) in [6.07, 6.45) is 3.59. The molecule has 2 aromatic carbocycles. The molecule has 2 aromatic heterocycles. The molecular weight excluding hydrogens is 342 g/mol. The molecule has 0 fully saturated rings. The van der Waals surface area contributed by atoms with Crippen molar-refractivity contribution in [1.29, 1.82) is 0 Å². The van der Waals surface area contributed by atoms with E-state index in [1.54, 1.807) is 22.5 Å². The molecule has 4 aromatic rings. The summed E-state index contributed by atoms with van der Waals surface area (Å²) in [5.41, 5.74) is 3.74. The van der Waals surface area contributed by atoms with Gasteiger partial charge in [-0.1, -0.05) is 47.7 Å². The van der Waals surface area contributed by atoms with Gasteiger partial charge in [0.15, 0.2) is 5.16 Å². The molecule has 0 N–H and O–H groups in total. The molecule has 0 spiro atoms. The first-order chi connectivity index (χ1) is 12.7. The van der Waals surface area contributed by atoms with Gasteiger partial charge in [0, 0.05) is 18.1 Å². The van der Waals surface area contributed by atoms with E-state index in [4.69, 9.17) is 4.98 Å². The van der Waals surface area contributed by atoms with E-state index >= 15 is 0 Å². The summed E-state index contributed by atoms with van der Waals surface area (Å²) in [5.74, 6) is 0.699. The average Bonchev–Trinajstić information content (AvgIpc) is 2.68. The molecule has 0 amide bonds. The first-order valence-corrected chi connectivity index (χ1v) is 9.31. The number of thioether (sulfide) groups is 1. The predicted octanol–water partition coefficient (Wildman–Crippen LogP) is 4.38. The van der Waals surface area contributed by atoms with Gasteiger partial charge in [-0.25, -0.2) is 4.98 Å².